The lowest BCUT2D eigenvalue weighted by atomic mass is 10.3. The molecule has 0 unspecified atom stereocenters. The molecule has 2 nitrogen and oxygen atoms in total. The maximum Gasteiger partial charge on any atom is 0.389 e. The number of rotatable bonds is 7. The molecule has 0 bridgehead atoms. The van der Waals surface area contributed by atoms with Gasteiger partial charge in [-0.3, -0.25) is 4.90 Å². The van der Waals surface area contributed by atoms with Crippen LogP contribution in [-0.2, 0) is 0 Å². The van der Waals surface area contributed by atoms with Gasteiger partial charge < -0.3 is 5.73 Å². The zero-order chi connectivity index (χ0) is 11.9. The Kier molecular flexibility index (Phi) is 6.75. The van der Waals surface area contributed by atoms with Crippen molar-refractivity contribution in [2.24, 2.45) is 5.73 Å². The molecule has 0 rings (SSSR count). The predicted octanol–water partition coefficient (Wildman–Crippen LogP) is 1.85. The van der Waals surface area contributed by atoms with Crippen LogP contribution < -0.4 is 5.73 Å². The third-order valence-electron chi connectivity index (χ3n) is 1.78. The van der Waals surface area contributed by atoms with E-state index in [-0.39, 0.29) is 26.1 Å². The van der Waals surface area contributed by atoms with Crippen LogP contribution in [0.4, 0.5) is 22.0 Å². The summed E-state index contributed by atoms with van der Waals surface area (Å²) in [5.41, 5.74) is 5.15. The van der Waals surface area contributed by atoms with Gasteiger partial charge in [-0.2, -0.15) is 13.2 Å². The summed E-state index contributed by atoms with van der Waals surface area (Å²) in [5.74, 6) is 0. The Labute approximate surface area is 85.2 Å². The molecule has 0 spiro atoms. The molecule has 7 heteroatoms. The Morgan fingerprint density at radius 1 is 1.13 bits per heavy atom. The van der Waals surface area contributed by atoms with Crippen molar-refractivity contribution in [1.29, 1.82) is 0 Å². The molecule has 0 aromatic heterocycles. The summed E-state index contributed by atoms with van der Waals surface area (Å²) in [6.45, 7) is -0.156. The SMILES string of the molecule is NCCN(CCCC(F)(F)F)CC(F)F. The maximum atomic E-state index is 12.0. The first-order chi connectivity index (χ1) is 6.85. The highest BCUT2D eigenvalue weighted by atomic mass is 19.4. The molecular formula is C8H15F5N2. The Balaban J connectivity index is 3.75. The summed E-state index contributed by atoms with van der Waals surface area (Å²) >= 11 is 0. The molecule has 2 N–H and O–H groups in total. The van der Waals surface area contributed by atoms with Gasteiger partial charge in [0.2, 0.25) is 0 Å². The second kappa shape index (κ2) is 6.95. The summed E-state index contributed by atoms with van der Waals surface area (Å²) < 4.78 is 59.2. The van der Waals surface area contributed by atoms with Crippen LogP contribution in [0.5, 0.6) is 0 Å². The Hall–Kier alpha value is -0.430. The lowest BCUT2D eigenvalue weighted by Gasteiger charge is -2.21. The lowest BCUT2D eigenvalue weighted by molar-refractivity contribution is -0.136. The Morgan fingerprint density at radius 2 is 1.73 bits per heavy atom. The van der Waals surface area contributed by atoms with Crippen LogP contribution in [0.15, 0.2) is 0 Å². The molecule has 0 radical (unpaired) electrons. The van der Waals surface area contributed by atoms with Crippen molar-refractivity contribution in [3.05, 3.63) is 0 Å². The number of nitrogens with zero attached hydrogens (tertiary/aromatic N) is 1. The quantitative estimate of drug-likeness (QED) is 0.681. The van der Waals surface area contributed by atoms with Crippen LogP contribution in [-0.4, -0.2) is 43.7 Å². The fourth-order valence-electron chi connectivity index (χ4n) is 1.18. The van der Waals surface area contributed by atoms with Crippen molar-refractivity contribution in [3.63, 3.8) is 0 Å². The fraction of sp³-hybridized carbons (Fsp3) is 1.00. The van der Waals surface area contributed by atoms with Crippen molar-refractivity contribution in [1.82, 2.24) is 4.90 Å². The van der Waals surface area contributed by atoms with Gasteiger partial charge in [-0.05, 0) is 13.0 Å². The van der Waals surface area contributed by atoms with Crippen molar-refractivity contribution >= 4 is 0 Å². The molecule has 0 saturated carbocycles. The van der Waals surface area contributed by atoms with Crippen LogP contribution in [0.1, 0.15) is 12.8 Å². The summed E-state index contributed by atoms with van der Waals surface area (Å²) in [6, 6.07) is 0. The first-order valence-corrected chi connectivity index (χ1v) is 4.62. The highest BCUT2D eigenvalue weighted by Gasteiger charge is 2.26. The first kappa shape index (κ1) is 14.6. The second-order valence-corrected chi connectivity index (χ2v) is 3.20. The van der Waals surface area contributed by atoms with Crippen LogP contribution in [0.2, 0.25) is 0 Å². The second-order valence-electron chi connectivity index (χ2n) is 3.20. The van der Waals surface area contributed by atoms with Gasteiger partial charge in [-0.1, -0.05) is 0 Å². The van der Waals surface area contributed by atoms with E-state index in [1.54, 1.807) is 0 Å². The average molecular weight is 234 g/mol. The molecular weight excluding hydrogens is 219 g/mol. The number of hydrogen-bond donors (Lipinski definition) is 1. The Morgan fingerprint density at radius 3 is 2.13 bits per heavy atom. The van der Waals surface area contributed by atoms with Gasteiger partial charge in [0.05, 0.1) is 6.54 Å². The van der Waals surface area contributed by atoms with Crippen molar-refractivity contribution in [3.8, 4) is 0 Å². The van der Waals surface area contributed by atoms with E-state index in [0.717, 1.165) is 0 Å². The normalized spacial score (nSPS) is 12.8. The maximum absolute atomic E-state index is 12.0. The zero-order valence-electron chi connectivity index (χ0n) is 8.23. The van der Waals surface area contributed by atoms with Crippen molar-refractivity contribution in [2.75, 3.05) is 26.2 Å². The lowest BCUT2D eigenvalue weighted by Crippen LogP contribution is -2.34. The third-order valence-corrected chi connectivity index (χ3v) is 1.78. The van der Waals surface area contributed by atoms with E-state index in [9.17, 15) is 22.0 Å². The number of alkyl halides is 5. The third kappa shape index (κ3) is 9.86. The summed E-state index contributed by atoms with van der Waals surface area (Å²) in [4.78, 5) is 1.25. The van der Waals surface area contributed by atoms with Crippen LogP contribution in [0, 0.1) is 0 Å². The van der Waals surface area contributed by atoms with Crippen molar-refractivity contribution < 1.29 is 22.0 Å². The zero-order valence-corrected chi connectivity index (χ0v) is 8.23. The molecule has 0 aliphatic carbocycles. The minimum Gasteiger partial charge on any atom is -0.329 e. The molecule has 92 valence electrons. The van der Waals surface area contributed by atoms with Gasteiger partial charge in [0.15, 0.2) is 0 Å². The fourth-order valence-corrected chi connectivity index (χ4v) is 1.18. The highest BCUT2D eigenvalue weighted by Crippen LogP contribution is 2.21. The molecule has 0 aromatic carbocycles. The van der Waals surface area contributed by atoms with Gasteiger partial charge in [0.25, 0.3) is 6.43 Å². The largest absolute Gasteiger partial charge is 0.389 e. The van der Waals surface area contributed by atoms with E-state index in [1.807, 2.05) is 0 Å². The molecule has 0 aromatic rings. The summed E-state index contributed by atoms with van der Waals surface area (Å²) in [7, 11) is 0. The molecule has 15 heavy (non-hydrogen) atoms. The molecule has 0 saturated heterocycles. The topological polar surface area (TPSA) is 29.3 Å². The summed E-state index contributed by atoms with van der Waals surface area (Å²) in [6.07, 6.45) is -7.88. The average Bonchev–Trinajstić information content (AvgIpc) is 2.00. The number of nitrogens with two attached hydrogens (primary N) is 1. The van der Waals surface area contributed by atoms with Gasteiger partial charge in [-0.25, -0.2) is 8.78 Å². The van der Waals surface area contributed by atoms with Crippen LogP contribution >= 0.6 is 0 Å². The van der Waals surface area contributed by atoms with Crippen LogP contribution in [0.3, 0.4) is 0 Å². The molecule has 0 atom stereocenters. The minimum absolute atomic E-state index is 0.00104. The van der Waals surface area contributed by atoms with E-state index < -0.39 is 25.6 Å². The number of hydrogen-bond acceptors (Lipinski definition) is 2. The highest BCUT2D eigenvalue weighted by molar-refractivity contribution is 4.61. The molecule has 0 heterocycles. The van der Waals surface area contributed by atoms with Gasteiger partial charge in [0, 0.05) is 19.5 Å². The number of halogens is 5. The minimum atomic E-state index is -4.22. The van der Waals surface area contributed by atoms with Gasteiger partial charge in [0.1, 0.15) is 0 Å². The molecule has 0 fully saturated rings. The first-order valence-electron chi connectivity index (χ1n) is 4.62. The predicted molar refractivity (Wildman–Crippen MR) is 46.8 cm³/mol. The van der Waals surface area contributed by atoms with E-state index in [2.05, 4.69) is 0 Å². The molecule has 0 aliphatic rings. The molecule has 0 aliphatic heterocycles. The Bertz CT molecular complexity index is 160. The van der Waals surface area contributed by atoms with Gasteiger partial charge >= 0.3 is 6.18 Å². The van der Waals surface area contributed by atoms with Crippen LogP contribution in [0.25, 0.3) is 0 Å². The monoisotopic (exact) mass is 234 g/mol. The molecule has 0 amide bonds. The van der Waals surface area contributed by atoms with E-state index in [4.69, 9.17) is 5.73 Å². The van der Waals surface area contributed by atoms with E-state index in [0.29, 0.717) is 0 Å². The van der Waals surface area contributed by atoms with E-state index in [1.165, 1.54) is 4.90 Å². The standard InChI is InChI=1S/C8H15F5N2/c9-7(10)6-15(5-3-14)4-1-2-8(11,12)13/h7H,1-6,14H2. The van der Waals surface area contributed by atoms with Gasteiger partial charge in [-0.15, -0.1) is 0 Å². The van der Waals surface area contributed by atoms with E-state index >= 15 is 0 Å². The van der Waals surface area contributed by atoms with Crippen molar-refractivity contribution in [2.45, 2.75) is 25.4 Å². The smallest absolute Gasteiger partial charge is 0.329 e. The summed E-state index contributed by atoms with van der Waals surface area (Å²) in [5, 5.41) is 0.